The molecular formula is C23H32N4O2. The van der Waals surface area contributed by atoms with E-state index in [4.69, 9.17) is 14.5 Å². The fourth-order valence-corrected chi connectivity index (χ4v) is 3.52. The van der Waals surface area contributed by atoms with E-state index >= 15 is 0 Å². The highest BCUT2D eigenvalue weighted by molar-refractivity contribution is 5.80. The summed E-state index contributed by atoms with van der Waals surface area (Å²) in [6, 6.07) is 16.9. The van der Waals surface area contributed by atoms with Crippen molar-refractivity contribution in [3.63, 3.8) is 0 Å². The molecule has 6 nitrogen and oxygen atoms in total. The second kappa shape index (κ2) is 10.6. The maximum Gasteiger partial charge on any atom is 0.191 e. The van der Waals surface area contributed by atoms with Gasteiger partial charge in [-0.1, -0.05) is 24.3 Å². The van der Waals surface area contributed by atoms with E-state index in [0.717, 1.165) is 49.1 Å². The molecule has 1 atom stereocenters. The van der Waals surface area contributed by atoms with E-state index in [-0.39, 0.29) is 0 Å². The average Bonchev–Trinajstić information content (AvgIpc) is 3.22. The highest BCUT2D eigenvalue weighted by Crippen LogP contribution is 2.28. The van der Waals surface area contributed by atoms with Gasteiger partial charge < -0.3 is 25.0 Å². The number of anilines is 1. The van der Waals surface area contributed by atoms with E-state index in [0.29, 0.717) is 19.2 Å². The van der Waals surface area contributed by atoms with Crippen LogP contribution in [0.3, 0.4) is 0 Å². The van der Waals surface area contributed by atoms with Gasteiger partial charge in [0.05, 0.1) is 20.3 Å². The molecule has 1 aliphatic rings. The highest BCUT2D eigenvalue weighted by Gasteiger charge is 2.23. The molecule has 2 aromatic carbocycles. The second-order valence-electron chi connectivity index (χ2n) is 7.02. The molecule has 0 amide bonds. The third-order valence-electron chi connectivity index (χ3n) is 4.94. The minimum atomic E-state index is 0.378. The summed E-state index contributed by atoms with van der Waals surface area (Å²) < 4.78 is 11.0. The van der Waals surface area contributed by atoms with E-state index in [1.165, 1.54) is 5.69 Å². The standard InChI is InChI=1S/C23H32N4O2/c1-4-24-23(25-16-18-11-12-21(28-3)22(15-18)29-5-2)26-19-13-14-27(17-19)20-9-7-6-8-10-20/h6-12,15,19H,4-5,13-14,16-17H2,1-3H3,(H2,24,25,26). The summed E-state index contributed by atoms with van der Waals surface area (Å²) in [4.78, 5) is 7.20. The van der Waals surface area contributed by atoms with Crippen LogP contribution in [0.25, 0.3) is 0 Å². The lowest BCUT2D eigenvalue weighted by Crippen LogP contribution is -2.44. The number of hydrogen-bond acceptors (Lipinski definition) is 4. The van der Waals surface area contributed by atoms with E-state index in [1.54, 1.807) is 7.11 Å². The van der Waals surface area contributed by atoms with Crippen LogP contribution in [0.1, 0.15) is 25.8 Å². The minimum Gasteiger partial charge on any atom is -0.493 e. The SMILES string of the molecule is CCNC(=NCc1ccc(OC)c(OCC)c1)NC1CCN(c2ccccc2)C1. The number of aliphatic imine (C=N–C) groups is 1. The Balaban J connectivity index is 1.62. The van der Waals surface area contributed by atoms with Crippen LogP contribution in [0.2, 0.25) is 0 Å². The summed E-state index contributed by atoms with van der Waals surface area (Å²) in [5.74, 6) is 2.35. The highest BCUT2D eigenvalue weighted by atomic mass is 16.5. The Morgan fingerprint density at radius 1 is 1.14 bits per heavy atom. The van der Waals surface area contributed by atoms with Crippen LogP contribution in [0.15, 0.2) is 53.5 Å². The molecule has 0 saturated carbocycles. The molecule has 1 saturated heterocycles. The number of para-hydroxylation sites is 1. The van der Waals surface area contributed by atoms with E-state index in [1.807, 2.05) is 25.1 Å². The first-order valence-electron chi connectivity index (χ1n) is 10.4. The van der Waals surface area contributed by atoms with Crippen molar-refractivity contribution in [2.45, 2.75) is 32.9 Å². The largest absolute Gasteiger partial charge is 0.493 e. The van der Waals surface area contributed by atoms with E-state index in [9.17, 15) is 0 Å². The predicted octanol–water partition coefficient (Wildman–Crippen LogP) is 3.43. The van der Waals surface area contributed by atoms with Crippen molar-refractivity contribution in [1.29, 1.82) is 0 Å². The molecule has 156 valence electrons. The van der Waals surface area contributed by atoms with Crippen LogP contribution in [0.5, 0.6) is 11.5 Å². The summed E-state index contributed by atoms with van der Waals surface area (Å²) >= 11 is 0. The lowest BCUT2D eigenvalue weighted by atomic mass is 10.2. The van der Waals surface area contributed by atoms with Crippen molar-refractivity contribution in [2.24, 2.45) is 4.99 Å². The van der Waals surface area contributed by atoms with Gasteiger partial charge in [0.2, 0.25) is 0 Å². The van der Waals surface area contributed by atoms with Gasteiger partial charge in [0.25, 0.3) is 0 Å². The molecule has 29 heavy (non-hydrogen) atoms. The van der Waals surface area contributed by atoms with Crippen LogP contribution >= 0.6 is 0 Å². The molecule has 6 heteroatoms. The lowest BCUT2D eigenvalue weighted by molar-refractivity contribution is 0.310. The zero-order chi connectivity index (χ0) is 20.5. The fourth-order valence-electron chi connectivity index (χ4n) is 3.52. The third kappa shape index (κ3) is 5.79. The van der Waals surface area contributed by atoms with E-state index in [2.05, 4.69) is 52.8 Å². The molecule has 1 unspecified atom stereocenters. The Hall–Kier alpha value is -2.89. The first kappa shape index (κ1) is 20.8. The first-order chi connectivity index (χ1) is 14.2. The number of benzene rings is 2. The zero-order valence-corrected chi connectivity index (χ0v) is 17.6. The van der Waals surface area contributed by atoms with Gasteiger partial charge in [-0.05, 0) is 50.1 Å². The minimum absolute atomic E-state index is 0.378. The average molecular weight is 397 g/mol. The molecular weight excluding hydrogens is 364 g/mol. The summed E-state index contributed by atoms with van der Waals surface area (Å²) in [7, 11) is 1.66. The number of ether oxygens (including phenoxy) is 2. The smallest absolute Gasteiger partial charge is 0.191 e. The van der Waals surface area contributed by atoms with Crippen molar-refractivity contribution in [3.05, 3.63) is 54.1 Å². The molecule has 0 spiro atoms. The van der Waals surface area contributed by atoms with Crippen LogP contribution < -0.4 is 25.0 Å². The maximum atomic E-state index is 5.67. The Bertz CT molecular complexity index is 795. The van der Waals surface area contributed by atoms with Crippen LogP contribution in [0.4, 0.5) is 5.69 Å². The zero-order valence-electron chi connectivity index (χ0n) is 17.6. The number of guanidine groups is 1. The van der Waals surface area contributed by atoms with Gasteiger partial charge in [0.15, 0.2) is 17.5 Å². The third-order valence-corrected chi connectivity index (χ3v) is 4.94. The van der Waals surface area contributed by atoms with Crippen molar-refractivity contribution in [2.75, 3.05) is 38.3 Å². The molecule has 1 fully saturated rings. The van der Waals surface area contributed by atoms with Gasteiger partial charge in [-0.2, -0.15) is 0 Å². The lowest BCUT2D eigenvalue weighted by Gasteiger charge is -2.20. The first-order valence-corrected chi connectivity index (χ1v) is 10.4. The number of nitrogens with one attached hydrogen (secondary N) is 2. The molecule has 0 aromatic heterocycles. The van der Waals surface area contributed by atoms with Crippen molar-refractivity contribution < 1.29 is 9.47 Å². The Morgan fingerprint density at radius 2 is 1.97 bits per heavy atom. The topological polar surface area (TPSA) is 58.1 Å². The van der Waals surface area contributed by atoms with Gasteiger partial charge in [-0.15, -0.1) is 0 Å². The molecule has 2 N–H and O–H groups in total. The molecule has 1 heterocycles. The number of nitrogens with zero attached hydrogens (tertiary/aromatic N) is 2. The van der Waals surface area contributed by atoms with Gasteiger partial charge in [-0.3, -0.25) is 0 Å². The Labute approximate surface area is 173 Å². The van der Waals surface area contributed by atoms with Gasteiger partial charge in [0.1, 0.15) is 0 Å². The fraction of sp³-hybridized carbons (Fsp3) is 0.435. The summed E-state index contributed by atoms with van der Waals surface area (Å²) in [5, 5.41) is 6.95. The Kier molecular flexibility index (Phi) is 7.61. The number of methoxy groups -OCH3 is 1. The summed E-state index contributed by atoms with van der Waals surface area (Å²) in [5.41, 5.74) is 2.37. The van der Waals surface area contributed by atoms with E-state index < -0.39 is 0 Å². The van der Waals surface area contributed by atoms with Crippen molar-refractivity contribution in [1.82, 2.24) is 10.6 Å². The second-order valence-corrected chi connectivity index (χ2v) is 7.02. The molecule has 0 radical (unpaired) electrons. The summed E-state index contributed by atoms with van der Waals surface area (Å²) in [6.07, 6.45) is 1.09. The molecule has 1 aliphatic heterocycles. The number of rotatable bonds is 8. The van der Waals surface area contributed by atoms with Gasteiger partial charge in [0, 0.05) is 31.4 Å². The Morgan fingerprint density at radius 3 is 2.69 bits per heavy atom. The van der Waals surface area contributed by atoms with Gasteiger partial charge in [-0.25, -0.2) is 4.99 Å². The summed E-state index contributed by atoms with van der Waals surface area (Å²) in [6.45, 7) is 8.10. The molecule has 2 aromatic rings. The van der Waals surface area contributed by atoms with Crippen molar-refractivity contribution >= 4 is 11.6 Å². The van der Waals surface area contributed by atoms with Gasteiger partial charge >= 0.3 is 0 Å². The van der Waals surface area contributed by atoms with Crippen LogP contribution in [0, 0.1) is 0 Å². The molecule has 0 bridgehead atoms. The quantitative estimate of drug-likeness (QED) is 0.529. The predicted molar refractivity (Wildman–Crippen MR) is 119 cm³/mol. The monoisotopic (exact) mass is 396 g/mol. The normalized spacial score (nSPS) is 16.6. The van der Waals surface area contributed by atoms with Crippen LogP contribution in [-0.4, -0.2) is 45.4 Å². The van der Waals surface area contributed by atoms with Crippen molar-refractivity contribution in [3.8, 4) is 11.5 Å². The maximum absolute atomic E-state index is 5.67. The number of hydrogen-bond donors (Lipinski definition) is 2. The molecule has 0 aliphatic carbocycles. The molecule has 3 rings (SSSR count). The van der Waals surface area contributed by atoms with Crippen LogP contribution in [-0.2, 0) is 6.54 Å².